The second-order valence-corrected chi connectivity index (χ2v) is 8.58. The molecule has 30 heavy (non-hydrogen) atoms. The van der Waals surface area contributed by atoms with Crippen LogP contribution in [0, 0.1) is 31.1 Å². The molecule has 152 valence electrons. The Morgan fingerprint density at radius 2 is 1.73 bits per heavy atom. The van der Waals surface area contributed by atoms with E-state index in [1.807, 2.05) is 0 Å². The van der Waals surface area contributed by atoms with Crippen LogP contribution in [0.1, 0.15) is 35.6 Å². The molecule has 0 unspecified atom stereocenters. The summed E-state index contributed by atoms with van der Waals surface area (Å²) in [6.07, 6.45) is 5.39. The molecule has 3 aromatic rings. The first kappa shape index (κ1) is 18.8. The molecule has 4 heterocycles. The number of pyridine rings is 1. The van der Waals surface area contributed by atoms with E-state index in [0.29, 0.717) is 5.92 Å². The lowest BCUT2D eigenvalue weighted by atomic mass is 9.93. The molecule has 0 aliphatic carbocycles. The Balaban J connectivity index is 1.35. The zero-order chi connectivity index (χ0) is 20.7. The number of aryl methyl sites for hydroxylation is 2. The van der Waals surface area contributed by atoms with E-state index in [4.69, 9.17) is 9.97 Å². The summed E-state index contributed by atoms with van der Waals surface area (Å²) >= 11 is 0. The number of benzene rings is 1. The van der Waals surface area contributed by atoms with Gasteiger partial charge in [0.15, 0.2) is 5.82 Å². The molecule has 6 heteroatoms. The van der Waals surface area contributed by atoms with Crippen LogP contribution in [-0.4, -0.2) is 41.1 Å². The van der Waals surface area contributed by atoms with Crippen LogP contribution in [0.5, 0.6) is 0 Å². The molecule has 2 aliphatic rings. The smallest absolute Gasteiger partial charge is 0.150 e. The molecule has 2 fully saturated rings. The van der Waals surface area contributed by atoms with Crippen LogP contribution < -0.4 is 9.80 Å². The van der Waals surface area contributed by atoms with E-state index in [1.165, 1.54) is 16.5 Å². The second kappa shape index (κ2) is 7.56. The topological polar surface area (TPSA) is 68.9 Å². The van der Waals surface area contributed by atoms with Gasteiger partial charge in [0.2, 0.25) is 0 Å². The van der Waals surface area contributed by atoms with Crippen molar-refractivity contribution in [3.05, 3.63) is 53.5 Å². The van der Waals surface area contributed by atoms with Gasteiger partial charge in [0.1, 0.15) is 5.82 Å². The van der Waals surface area contributed by atoms with E-state index in [9.17, 15) is 5.26 Å². The number of nitriles is 1. The minimum absolute atomic E-state index is 0.172. The maximum absolute atomic E-state index is 9.17. The number of piperidine rings is 1. The van der Waals surface area contributed by atoms with Gasteiger partial charge in [0.25, 0.3) is 0 Å². The Morgan fingerprint density at radius 3 is 2.50 bits per heavy atom. The maximum atomic E-state index is 9.17. The number of fused-ring (bicyclic) bond motifs is 1. The summed E-state index contributed by atoms with van der Waals surface area (Å²) in [7, 11) is 0. The quantitative estimate of drug-likeness (QED) is 0.665. The van der Waals surface area contributed by atoms with Crippen molar-refractivity contribution >= 4 is 22.5 Å². The van der Waals surface area contributed by atoms with Crippen molar-refractivity contribution in [1.82, 2.24) is 15.0 Å². The summed E-state index contributed by atoms with van der Waals surface area (Å²) in [5, 5.41) is 10.4. The lowest BCUT2D eigenvalue weighted by molar-refractivity contribution is 0.473. The molecule has 0 radical (unpaired) electrons. The van der Waals surface area contributed by atoms with E-state index in [0.717, 1.165) is 61.9 Å². The van der Waals surface area contributed by atoms with Crippen molar-refractivity contribution in [2.24, 2.45) is 5.92 Å². The number of hydrogen-bond donors (Lipinski definition) is 0. The van der Waals surface area contributed by atoms with Crippen molar-refractivity contribution < 1.29 is 0 Å². The van der Waals surface area contributed by atoms with Gasteiger partial charge in [-0.15, -0.1) is 0 Å². The molecule has 0 N–H and O–H groups in total. The molecule has 0 spiro atoms. The van der Waals surface area contributed by atoms with Gasteiger partial charge in [-0.25, -0.2) is 9.97 Å². The van der Waals surface area contributed by atoms with Gasteiger partial charge in [-0.2, -0.15) is 5.26 Å². The fraction of sp³-hybridized carbons (Fsp3) is 0.417. The first-order chi connectivity index (χ1) is 14.6. The van der Waals surface area contributed by atoms with Gasteiger partial charge in [0, 0.05) is 55.8 Å². The monoisotopic (exact) mass is 398 g/mol. The van der Waals surface area contributed by atoms with E-state index < -0.39 is 0 Å². The van der Waals surface area contributed by atoms with Gasteiger partial charge in [-0.1, -0.05) is 12.1 Å². The zero-order valence-corrected chi connectivity index (χ0v) is 17.5. The third-order valence-electron chi connectivity index (χ3n) is 6.39. The molecular formula is C24H26N6. The molecule has 2 aliphatic heterocycles. The molecule has 6 nitrogen and oxygen atoms in total. The molecular weight excluding hydrogens is 372 g/mol. The molecule has 1 aromatic carbocycles. The van der Waals surface area contributed by atoms with Crippen LogP contribution in [0.3, 0.4) is 0 Å². The molecule has 5 rings (SSSR count). The van der Waals surface area contributed by atoms with E-state index >= 15 is 0 Å². The lowest BCUT2D eigenvalue weighted by Crippen LogP contribution is -2.47. The standard InChI is InChI=1S/C24H26N6/c1-16-3-4-19-12-17(2)23(28-21(19)11-16)30-14-20(15-30)22-24(27-8-7-26-22)29-9-5-18(13-25)6-10-29/h3-4,7-8,11-12,18,20H,5-6,9-10,14-15H2,1-2H3. The zero-order valence-electron chi connectivity index (χ0n) is 17.5. The summed E-state index contributed by atoms with van der Waals surface area (Å²) in [6, 6.07) is 11.1. The number of nitrogens with zero attached hydrogens (tertiary/aromatic N) is 6. The summed E-state index contributed by atoms with van der Waals surface area (Å²) in [5.74, 6) is 2.60. The average molecular weight is 399 g/mol. The Morgan fingerprint density at radius 1 is 0.967 bits per heavy atom. The van der Waals surface area contributed by atoms with Crippen molar-refractivity contribution in [3.8, 4) is 6.07 Å². The minimum atomic E-state index is 0.172. The molecule has 2 saturated heterocycles. The first-order valence-electron chi connectivity index (χ1n) is 10.7. The largest absolute Gasteiger partial charge is 0.355 e. The van der Waals surface area contributed by atoms with Crippen LogP contribution in [0.15, 0.2) is 36.7 Å². The number of aromatic nitrogens is 3. The lowest BCUT2D eigenvalue weighted by Gasteiger charge is -2.42. The predicted octanol–water partition coefficient (Wildman–Crippen LogP) is 3.99. The Hall–Kier alpha value is -3.20. The Kier molecular flexibility index (Phi) is 4.74. The molecule has 2 aromatic heterocycles. The Bertz CT molecular complexity index is 1120. The number of rotatable bonds is 3. The van der Waals surface area contributed by atoms with Crippen LogP contribution in [0.2, 0.25) is 0 Å². The van der Waals surface area contributed by atoms with Gasteiger partial charge in [-0.3, -0.25) is 4.98 Å². The van der Waals surface area contributed by atoms with Crippen molar-refractivity contribution in [2.75, 3.05) is 36.0 Å². The van der Waals surface area contributed by atoms with Crippen molar-refractivity contribution in [3.63, 3.8) is 0 Å². The highest BCUT2D eigenvalue weighted by molar-refractivity contribution is 5.82. The highest BCUT2D eigenvalue weighted by Crippen LogP contribution is 2.36. The van der Waals surface area contributed by atoms with E-state index in [-0.39, 0.29) is 5.92 Å². The SMILES string of the molecule is Cc1ccc2cc(C)c(N3CC(c4nccnc4N4CCC(C#N)CC4)C3)nc2c1. The van der Waals surface area contributed by atoms with Gasteiger partial charge in [0.05, 0.1) is 17.3 Å². The van der Waals surface area contributed by atoms with E-state index in [1.54, 1.807) is 12.4 Å². The van der Waals surface area contributed by atoms with Crippen LogP contribution in [0.4, 0.5) is 11.6 Å². The molecule has 0 saturated carbocycles. The van der Waals surface area contributed by atoms with Crippen LogP contribution in [0.25, 0.3) is 10.9 Å². The summed E-state index contributed by atoms with van der Waals surface area (Å²) in [6.45, 7) is 7.82. The number of hydrogen-bond acceptors (Lipinski definition) is 6. The summed E-state index contributed by atoms with van der Waals surface area (Å²) < 4.78 is 0. The van der Waals surface area contributed by atoms with Crippen LogP contribution >= 0.6 is 0 Å². The summed E-state index contributed by atoms with van der Waals surface area (Å²) in [4.78, 5) is 19.0. The van der Waals surface area contributed by atoms with Crippen molar-refractivity contribution in [1.29, 1.82) is 5.26 Å². The minimum Gasteiger partial charge on any atom is -0.355 e. The highest BCUT2D eigenvalue weighted by atomic mass is 15.3. The second-order valence-electron chi connectivity index (χ2n) is 8.58. The maximum Gasteiger partial charge on any atom is 0.150 e. The van der Waals surface area contributed by atoms with Gasteiger partial charge >= 0.3 is 0 Å². The molecule has 0 atom stereocenters. The first-order valence-corrected chi connectivity index (χ1v) is 10.7. The fourth-order valence-electron chi connectivity index (χ4n) is 4.61. The average Bonchev–Trinajstić information content (AvgIpc) is 2.74. The van der Waals surface area contributed by atoms with Crippen LogP contribution in [-0.2, 0) is 0 Å². The van der Waals surface area contributed by atoms with Gasteiger partial charge < -0.3 is 9.80 Å². The van der Waals surface area contributed by atoms with E-state index in [2.05, 4.69) is 59.0 Å². The van der Waals surface area contributed by atoms with Crippen molar-refractivity contribution in [2.45, 2.75) is 32.6 Å². The number of anilines is 2. The van der Waals surface area contributed by atoms with Gasteiger partial charge in [-0.05, 0) is 49.9 Å². The molecule has 0 bridgehead atoms. The highest BCUT2D eigenvalue weighted by Gasteiger charge is 2.34. The molecule has 0 amide bonds. The normalized spacial score (nSPS) is 17.8. The predicted molar refractivity (Wildman–Crippen MR) is 119 cm³/mol. The fourth-order valence-corrected chi connectivity index (χ4v) is 4.61. The Labute approximate surface area is 177 Å². The third-order valence-corrected chi connectivity index (χ3v) is 6.39. The summed E-state index contributed by atoms with van der Waals surface area (Å²) in [5.41, 5.74) is 4.58. The third kappa shape index (κ3) is 3.35.